The first-order valence-electron chi connectivity index (χ1n) is 36.1. The number of unbranched alkanes of at least 4 members (excludes halogenated alkanes) is 48. The lowest BCUT2D eigenvalue weighted by Crippen LogP contribution is -2.30. The molecular weight excluding hydrogens is 997 g/mol. The summed E-state index contributed by atoms with van der Waals surface area (Å²) in [6.45, 7) is 6.65. The van der Waals surface area contributed by atoms with Crippen molar-refractivity contribution >= 4 is 17.9 Å². The van der Waals surface area contributed by atoms with E-state index in [0.717, 1.165) is 83.5 Å². The number of carbonyl (C=O) groups excluding carboxylic acids is 3. The minimum absolute atomic E-state index is 0.0775. The van der Waals surface area contributed by atoms with Crippen molar-refractivity contribution in [3.8, 4) is 0 Å². The van der Waals surface area contributed by atoms with Gasteiger partial charge in [-0.05, 0) is 83.5 Å². The van der Waals surface area contributed by atoms with Gasteiger partial charge in [0.1, 0.15) is 13.2 Å². The second-order valence-electron chi connectivity index (χ2n) is 24.5. The second kappa shape index (κ2) is 69.9. The van der Waals surface area contributed by atoms with Crippen LogP contribution in [0.15, 0.2) is 48.6 Å². The lowest BCUT2D eigenvalue weighted by Gasteiger charge is -2.18. The van der Waals surface area contributed by atoms with Crippen LogP contribution in [0.5, 0.6) is 0 Å². The summed E-state index contributed by atoms with van der Waals surface area (Å²) in [6.07, 6.45) is 88.7. The van der Waals surface area contributed by atoms with E-state index in [1.165, 1.54) is 270 Å². The van der Waals surface area contributed by atoms with Gasteiger partial charge in [-0.25, -0.2) is 0 Å². The Bertz CT molecular complexity index is 1400. The van der Waals surface area contributed by atoms with Crippen molar-refractivity contribution in [1.82, 2.24) is 0 Å². The number of rotatable bonds is 67. The van der Waals surface area contributed by atoms with Crippen molar-refractivity contribution in [1.29, 1.82) is 0 Å². The third-order valence-electron chi connectivity index (χ3n) is 16.3. The van der Waals surface area contributed by atoms with Crippen LogP contribution in [0.25, 0.3) is 0 Å². The summed E-state index contributed by atoms with van der Waals surface area (Å²) in [7, 11) is 0. The number of allylic oxidation sites excluding steroid dienone is 8. The maximum absolute atomic E-state index is 12.9. The minimum atomic E-state index is -0.783. The molecule has 81 heavy (non-hydrogen) atoms. The Kier molecular flexibility index (Phi) is 67.6. The van der Waals surface area contributed by atoms with Crippen LogP contribution in [0.4, 0.5) is 0 Å². The molecule has 0 rings (SSSR count). The average molecular weight is 1140 g/mol. The molecule has 474 valence electrons. The molecule has 0 aromatic heterocycles. The quantitative estimate of drug-likeness (QED) is 0.0261. The van der Waals surface area contributed by atoms with E-state index in [2.05, 4.69) is 69.4 Å². The van der Waals surface area contributed by atoms with Gasteiger partial charge in [0, 0.05) is 19.3 Å². The van der Waals surface area contributed by atoms with E-state index in [-0.39, 0.29) is 31.1 Å². The normalized spacial score (nSPS) is 12.3. The van der Waals surface area contributed by atoms with Crippen molar-refractivity contribution in [2.75, 3.05) is 13.2 Å². The average Bonchev–Trinajstić information content (AvgIpc) is 3.47. The van der Waals surface area contributed by atoms with Crippen molar-refractivity contribution < 1.29 is 28.6 Å². The van der Waals surface area contributed by atoms with E-state index < -0.39 is 6.10 Å². The summed E-state index contributed by atoms with van der Waals surface area (Å²) in [6, 6.07) is 0. The molecular formula is C75H138O6. The number of hydrogen-bond acceptors (Lipinski definition) is 6. The molecule has 6 nitrogen and oxygen atoms in total. The van der Waals surface area contributed by atoms with Gasteiger partial charge < -0.3 is 14.2 Å². The summed E-state index contributed by atoms with van der Waals surface area (Å²) in [5.74, 6) is -0.876. The monoisotopic (exact) mass is 1140 g/mol. The number of esters is 3. The van der Waals surface area contributed by atoms with Crippen molar-refractivity contribution in [2.45, 2.75) is 399 Å². The molecule has 1 unspecified atom stereocenters. The zero-order valence-corrected chi connectivity index (χ0v) is 54.6. The van der Waals surface area contributed by atoms with Gasteiger partial charge in [0.15, 0.2) is 6.10 Å². The van der Waals surface area contributed by atoms with E-state index in [1.807, 2.05) is 0 Å². The summed E-state index contributed by atoms with van der Waals surface area (Å²) in [4.78, 5) is 38.4. The van der Waals surface area contributed by atoms with Crippen LogP contribution in [0.2, 0.25) is 0 Å². The Balaban J connectivity index is 4.18. The van der Waals surface area contributed by atoms with Crippen LogP contribution >= 0.6 is 0 Å². The van der Waals surface area contributed by atoms with Crippen molar-refractivity contribution in [3.05, 3.63) is 48.6 Å². The smallest absolute Gasteiger partial charge is 0.306 e. The number of ether oxygens (including phenoxy) is 3. The topological polar surface area (TPSA) is 78.9 Å². The Labute approximate surface area is 505 Å². The van der Waals surface area contributed by atoms with E-state index in [0.29, 0.717) is 19.3 Å². The molecule has 0 saturated carbocycles. The highest BCUT2D eigenvalue weighted by Crippen LogP contribution is 2.19. The van der Waals surface area contributed by atoms with Crippen LogP contribution in [-0.2, 0) is 28.6 Å². The van der Waals surface area contributed by atoms with Crippen molar-refractivity contribution in [2.24, 2.45) is 0 Å². The van der Waals surface area contributed by atoms with Crippen LogP contribution < -0.4 is 0 Å². The maximum atomic E-state index is 12.9. The molecule has 0 heterocycles. The SMILES string of the molecule is CCCCC/C=C\CCCCCCCC(=O)OCC(COC(=O)CCCCCCCCCCCCCCCCCCCCCCCCCCCCCCCC)OC(=O)CCCCCCCC/C=C\C/C=C\C/C=C\CCCCCCC. The molecule has 1 atom stereocenters. The van der Waals surface area contributed by atoms with Gasteiger partial charge in [-0.3, -0.25) is 14.4 Å². The molecule has 0 aliphatic rings. The fraction of sp³-hybridized carbons (Fsp3) is 0.853. The highest BCUT2D eigenvalue weighted by molar-refractivity contribution is 5.71. The predicted molar refractivity (Wildman–Crippen MR) is 353 cm³/mol. The van der Waals surface area contributed by atoms with Gasteiger partial charge in [0.25, 0.3) is 0 Å². The Hall–Kier alpha value is -2.63. The molecule has 0 aromatic carbocycles. The fourth-order valence-electron chi connectivity index (χ4n) is 10.9. The molecule has 0 N–H and O–H groups in total. The van der Waals surface area contributed by atoms with E-state index in [4.69, 9.17) is 14.2 Å². The third-order valence-corrected chi connectivity index (χ3v) is 16.3. The summed E-state index contributed by atoms with van der Waals surface area (Å²) in [5, 5.41) is 0. The van der Waals surface area contributed by atoms with Crippen LogP contribution in [0.1, 0.15) is 393 Å². The number of carbonyl (C=O) groups is 3. The fourth-order valence-corrected chi connectivity index (χ4v) is 10.9. The van der Waals surface area contributed by atoms with Gasteiger partial charge in [-0.2, -0.15) is 0 Å². The molecule has 0 radical (unpaired) electrons. The number of hydrogen-bond donors (Lipinski definition) is 0. The Morgan fingerprint density at radius 3 is 0.728 bits per heavy atom. The summed E-state index contributed by atoms with van der Waals surface area (Å²) < 4.78 is 17.0. The molecule has 0 fully saturated rings. The third kappa shape index (κ3) is 68.0. The zero-order valence-electron chi connectivity index (χ0n) is 54.6. The first-order chi connectivity index (χ1) is 40.0. The second-order valence-corrected chi connectivity index (χ2v) is 24.5. The molecule has 0 spiro atoms. The van der Waals surface area contributed by atoms with Crippen molar-refractivity contribution in [3.63, 3.8) is 0 Å². The van der Waals surface area contributed by atoms with Gasteiger partial charge in [-0.15, -0.1) is 0 Å². The minimum Gasteiger partial charge on any atom is -0.462 e. The zero-order chi connectivity index (χ0) is 58.5. The standard InChI is InChI=1S/C75H138O6/c1-4-7-10-13-16-19-22-25-27-29-31-33-34-35-36-37-38-39-40-41-43-44-46-48-50-53-56-59-62-65-68-74(77)80-71-72(70-79-73(76)67-64-61-58-55-52-24-21-18-15-12-9-6-3)81-75(78)69-66-63-60-57-54-51-49-47-45-42-32-30-28-26-23-20-17-14-11-8-5-2/h18,21,23,26,30,32,45,47,72H,4-17,19-20,22,24-25,27-29,31,33-44,46,48-71H2,1-3H3/b21-18-,26-23-,32-30-,47-45-. The predicted octanol–water partition coefficient (Wildman–Crippen LogP) is 24.9. The first-order valence-corrected chi connectivity index (χ1v) is 36.1. The lowest BCUT2D eigenvalue weighted by molar-refractivity contribution is -0.167. The summed E-state index contributed by atoms with van der Waals surface area (Å²) in [5.41, 5.74) is 0. The van der Waals surface area contributed by atoms with Gasteiger partial charge in [0.05, 0.1) is 0 Å². The largest absolute Gasteiger partial charge is 0.462 e. The Morgan fingerprint density at radius 2 is 0.444 bits per heavy atom. The van der Waals surface area contributed by atoms with E-state index in [9.17, 15) is 14.4 Å². The molecule has 0 aromatic rings. The lowest BCUT2D eigenvalue weighted by atomic mass is 10.0. The molecule has 0 bridgehead atoms. The van der Waals surface area contributed by atoms with Crippen LogP contribution in [0.3, 0.4) is 0 Å². The summed E-state index contributed by atoms with van der Waals surface area (Å²) >= 11 is 0. The molecule has 0 amide bonds. The molecule has 6 heteroatoms. The maximum Gasteiger partial charge on any atom is 0.306 e. The van der Waals surface area contributed by atoms with E-state index >= 15 is 0 Å². The molecule has 0 aliphatic carbocycles. The Morgan fingerprint density at radius 1 is 0.247 bits per heavy atom. The van der Waals surface area contributed by atoms with Crippen LogP contribution in [-0.4, -0.2) is 37.2 Å². The van der Waals surface area contributed by atoms with Gasteiger partial charge in [-0.1, -0.05) is 339 Å². The molecule has 0 saturated heterocycles. The van der Waals surface area contributed by atoms with Crippen LogP contribution in [0, 0.1) is 0 Å². The molecule has 0 aliphatic heterocycles. The van der Waals surface area contributed by atoms with Gasteiger partial charge in [0.2, 0.25) is 0 Å². The highest BCUT2D eigenvalue weighted by atomic mass is 16.6. The van der Waals surface area contributed by atoms with E-state index in [1.54, 1.807) is 0 Å². The van der Waals surface area contributed by atoms with Gasteiger partial charge >= 0.3 is 17.9 Å². The highest BCUT2D eigenvalue weighted by Gasteiger charge is 2.19. The first kappa shape index (κ1) is 78.4.